The summed E-state index contributed by atoms with van der Waals surface area (Å²) < 4.78 is 10.7. The molecule has 1 aromatic carbocycles. The van der Waals surface area contributed by atoms with E-state index in [1.54, 1.807) is 14.2 Å². The quantitative estimate of drug-likeness (QED) is 0.597. The first kappa shape index (κ1) is 15.8. The lowest BCUT2D eigenvalue weighted by Gasteiger charge is -2.15. The van der Waals surface area contributed by atoms with E-state index < -0.39 is 0 Å². The Labute approximate surface area is 114 Å². The monoisotopic (exact) mass is 268 g/mol. The van der Waals surface area contributed by atoms with Gasteiger partial charge in [-0.3, -0.25) is 0 Å². The van der Waals surface area contributed by atoms with Crippen molar-refractivity contribution >= 4 is 0 Å². The topological polar surface area (TPSA) is 76.7 Å². The van der Waals surface area contributed by atoms with Crippen LogP contribution >= 0.6 is 0 Å². The summed E-state index contributed by atoms with van der Waals surface area (Å²) in [6.45, 7) is 3.37. The number of aliphatic hydroxyl groups excluding tert-OH is 1. The number of nitrogens with two attached hydrogens (primary N) is 1. The van der Waals surface area contributed by atoms with Gasteiger partial charge in [0.1, 0.15) is 11.5 Å². The zero-order valence-electron chi connectivity index (χ0n) is 11.9. The van der Waals surface area contributed by atoms with E-state index in [0.29, 0.717) is 6.54 Å². The van der Waals surface area contributed by atoms with Crippen LogP contribution in [0.2, 0.25) is 0 Å². The van der Waals surface area contributed by atoms with E-state index in [2.05, 4.69) is 5.32 Å². The largest absolute Gasteiger partial charge is 0.496 e. The molecule has 4 N–H and O–H groups in total. The number of methoxy groups -OCH3 is 2. The Balaban J connectivity index is 2.61. The van der Waals surface area contributed by atoms with Gasteiger partial charge in [-0.15, -0.1) is 0 Å². The van der Waals surface area contributed by atoms with Crippen LogP contribution in [0.5, 0.6) is 11.5 Å². The normalized spacial score (nSPS) is 12.3. The molecule has 0 spiro atoms. The number of hydrogen-bond acceptors (Lipinski definition) is 5. The van der Waals surface area contributed by atoms with Gasteiger partial charge in [-0.1, -0.05) is 6.07 Å². The van der Waals surface area contributed by atoms with E-state index in [1.807, 2.05) is 19.1 Å². The molecule has 1 rings (SSSR count). The lowest BCUT2D eigenvalue weighted by molar-refractivity contribution is 0.262. The first-order valence-corrected chi connectivity index (χ1v) is 6.41. The van der Waals surface area contributed by atoms with Gasteiger partial charge in [0.05, 0.1) is 20.8 Å². The minimum Gasteiger partial charge on any atom is -0.496 e. The highest BCUT2D eigenvalue weighted by molar-refractivity contribution is 5.49. The molecule has 0 aliphatic rings. The first-order valence-electron chi connectivity index (χ1n) is 6.41. The maximum absolute atomic E-state index is 8.83. The predicted molar refractivity (Wildman–Crippen MR) is 75.9 cm³/mol. The molecule has 19 heavy (non-hydrogen) atoms. The van der Waals surface area contributed by atoms with Crippen molar-refractivity contribution in [3.05, 3.63) is 23.3 Å². The number of aliphatic hydroxyl groups is 1. The average molecular weight is 268 g/mol. The Hall–Kier alpha value is -1.30. The zero-order chi connectivity index (χ0) is 14.3. The molecule has 0 aromatic heterocycles. The highest BCUT2D eigenvalue weighted by Gasteiger charge is 2.10. The second kappa shape index (κ2) is 7.99. The highest BCUT2D eigenvalue weighted by atomic mass is 16.5. The third-order valence-corrected chi connectivity index (χ3v) is 3.07. The molecule has 108 valence electrons. The standard InChI is InChI=1S/C14H24N2O3/c1-10-13(18-2)5-4-11(14(10)19-3)6-7-16-8-12(15)9-17/h4-5,12,16-17H,6-9,15H2,1-3H3. The summed E-state index contributed by atoms with van der Waals surface area (Å²) in [6.07, 6.45) is 0.839. The number of nitrogens with one attached hydrogen (secondary N) is 1. The Morgan fingerprint density at radius 3 is 2.63 bits per heavy atom. The molecule has 5 nitrogen and oxygen atoms in total. The van der Waals surface area contributed by atoms with Gasteiger partial charge in [0.15, 0.2) is 0 Å². The minimum atomic E-state index is -0.209. The SMILES string of the molecule is COc1ccc(CCNCC(N)CO)c(OC)c1C. The molecule has 0 saturated heterocycles. The van der Waals surface area contributed by atoms with Crippen molar-refractivity contribution in [2.75, 3.05) is 33.9 Å². The average Bonchev–Trinajstić information content (AvgIpc) is 2.43. The molecular formula is C14H24N2O3. The first-order chi connectivity index (χ1) is 9.13. The van der Waals surface area contributed by atoms with Gasteiger partial charge in [-0.05, 0) is 31.5 Å². The number of ether oxygens (including phenoxy) is 2. The van der Waals surface area contributed by atoms with Crippen LogP contribution in [0.25, 0.3) is 0 Å². The summed E-state index contributed by atoms with van der Waals surface area (Å²) >= 11 is 0. The molecule has 0 saturated carbocycles. The van der Waals surface area contributed by atoms with Crippen LogP contribution in [0.1, 0.15) is 11.1 Å². The van der Waals surface area contributed by atoms with Crippen LogP contribution in [-0.2, 0) is 6.42 Å². The van der Waals surface area contributed by atoms with Crippen LogP contribution in [0.3, 0.4) is 0 Å². The molecule has 1 unspecified atom stereocenters. The van der Waals surface area contributed by atoms with E-state index >= 15 is 0 Å². The fraction of sp³-hybridized carbons (Fsp3) is 0.571. The fourth-order valence-electron chi connectivity index (χ4n) is 2.01. The summed E-state index contributed by atoms with van der Waals surface area (Å²) in [4.78, 5) is 0. The number of hydrogen-bond donors (Lipinski definition) is 3. The van der Waals surface area contributed by atoms with Crippen molar-refractivity contribution in [2.24, 2.45) is 5.73 Å². The van der Waals surface area contributed by atoms with Crippen molar-refractivity contribution in [1.29, 1.82) is 0 Å². The van der Waals surface area contributed by atoms with Crippen molar-refractivity contribution < 1.29 is 14.6 Å². The van der Waals surface area contributed by atoms with E-state index in [0.717, 1.165) is 35.6 Å². The molecule has 0 radical (unpaired) electrons. The van der Waals surface area contributed by atoms with Crippen LogP contribution in [-0.4, -0.2) is 45.1 Å². The van der Waals surface area contributed by atoms with E-state index in [1.165, 1.54) is 0 Å². The zero-order valence-corrected chi connectivity index (χ0v) is 11.9. The maximum atomic E-state index is 8.83. The summed E-state index contributed by atoms with van der Waals surface area (Å²) in [7, 11) is 3.32. The van der Waals surface area contributed by atoms with Gasteiger partial charge in [-0.25, -0.2) is 0 Å². The van der Waals surface area contributed by atoms with Gasteiger partial charge in [0.25, 0.3) is 0 Å². The number of rotatable bonds is 8. The van der Waals surface area contributed by atoms with Crippen LogP contribution in [0.4, 0.5) is 0 Å². The Kier molecular flexibility index (Phi) is 6.62. The third-order valence-electron chi connectivity index (χ3n) is 3.07. The van der Waals surface area contributed by atoms with E-state index in [-0.39, 0.29) is 12.6 Å². The smallest absolute Gasteiger partial charge is 0.128 e. The summed E-state index contributed by atoms with van der Waals surface area (Å²) in [6, 6.07) is 3.75. The van der Waals surface area contributed by atoms with Crippen molar-refractivity contribution in [3.8, 4) is 11.5 Å². The van der Waals surface area contributed by atoms with E-state index in [4.69, 9.17) is 20.3 Å². The maximum Gasteiger partial charge on any atom is 0.128 e. The van der Waals surface area contributed by atoms with Crippen molar-refractivity contribution in [3.63, 3.8) is 0 Å². The van der Waals surface area contributed by atoms with Gasteiger partial charge in [-0.2, -0.15) is 0 Å². The van der Waals surface area contributed by atoms with Gasteiger partial charge in [0, 0.05) is 18.2 Å². The molecule has 0 fully saturated rings. The van der Waals surface area contributed by atoms with Gasteiger partial charge >= 0.3 is 0 Å². The lowest BCUT2D eigenvalue weighted by Crippen LogP contribution is -2.37. The molecule has 0 heterocycles. The minimum absolute atomic E-state index is 0.00202. The van der Waals surface area contributed by atoms with Crippen molar-refractivity contribution in [2.45, 2.75) is 19.4 Å². The Bertz CT molecular complexity index is 397. The third kappa shape index (κ3) is 4.38. The predicted octanol–water partition coefficient (Wildman–Crippen LogP) is 0.464. The summed E-state index contributed by atoms with van der Waals surface area (Å²) in [5.41, 5.74) is 7.76. The van der Waals surface area contributed by atoms with Crippen LogP contribution in [0, 0.1) is 6.92 Å². The molecular weight excluding hydrogens is 244 g/mol. The molecule has 0 amide bonds. The van der Waals surface area contributed by atoms with Crippen LogP contribution in [0.15, 0.2) is 12.1 Å². The molecule has 0 bridgehead atoms. The molecule has 5 heteroatoms. The number of benzene rings is 1. The lowest BCUT2D eigenvalue weighted by atomic mass is 10.1. The second-order valence-electron chi connectivity index (χ2n) is 4.48. The highest BCUT2D eigenvalue weighted by Crippen LogP contribution is 2.31. The molecule has 1 atom stereocenters. The van der Waals surface area contributed by atoms with E-state index in [9.17, 15) is 0 Å². The van der Waals surface area contributed by atoms with Gasteiger partial charge in [0.2, 0.25) is 0 Å². The molecule has 0 aliphatic carbocycles. The summed E-state index contributed by atoms with van der Waals surface area (Å²) in [5, 5.41) is 12.0. The van der Waals surface area contributed by atoms with Gasteiger partial charge < -0.3 is 25.6 Å². The Morgan fingerprint density at radius 2 is 2.05 bits per heavy atom. The molecule has 0 aliphatic heterocycles. The Morgan fingerprint density at radius 1 is 1.32 bits per heavy atom. The molecule has 1 aromatic rings. The fourth-order valence-corrected chi connectivity index (χ4v) is 2.01. The van der Waals surface area contributed by atoms with Crippen LogP contribution < -0.4 is 20.5 Å². The summed E-state index contributed by atoms with van der Waals surface area (Å²) in [5.74, 6) is 1.70. The second-order valence-corrected chi connectivity index (χ2v) is 4.48. The van der Waals surface area contributed by atoms with Crippen molar-refractivity contribution in [1.82, 2.24) is 5.32 Å².